The number of aliphatic hydroxyl groups is 1. The average molecular weight is 415 g/mol. The van der Waals surface area contributed by atoms with Crippen molar-refractivity contribution in [1.29, 1.82) is 0 Å². The smallest absolute Gasteiger partial charge is 0.259 e. The standard InChI is InChI=1S/C27H30N2O2/c1-2-27(31,24-16-10-5-11-17-24)26(30)29-20-18-28(19-21-29)25(22-12-6-3-7-13-22)23-14-8-4-9-15-23/h3-17,25,31H,2,18-21H2,1H3. The summed E-state index contributed by atoms with van der Waals surface area (Å²) in [5.74, 6) is -0.197. The van der Waals surface area contributed by atoms with Crippen LogP contribution in [-0.2, 0) is 10.4 Å². The Morgan fingerprint density at radius 1 is 0.806 bits per heavy atom. The second-order valence-electron chi connectivity index (χ2n) is 8.13. The van der Waals surface area contributed by atoms with Crippen molar-refractivity contribution in [3.05, 3.63) is 108 Å². The summed E-state index contributed by atoms with van der Waals surface area (Å²) in [5.41, 5.74) is 1.70. The van der Waals surface area contributed by atoms with Crippen LogP contribution in [0.3, 0.4) is 0 Å². The molecule has 1 heterocycles. The Morgan fingerprint density at radius 2 is 1.26 bits per heavy atom. The molecule has 1 amide bonds. The molecule has 0 aliphatic carbocycles. The van der Waals surface area contributed by atoms with Crippen molar-refractivity contribution in [3.63, 3.8) is 0 Å². The minimum atomic E-state index is -1.47. The Bertz CT molecular complexity index is 930. The van der Waals surface area contributed by atoms with Crippen LogP contribution in [0.2, 0.25) is 0 Å². The van der Waals surface area contributed by atoms with E-state index in [1.54, 1.807) is 0 Å². The first-order valence-corrected chi connectivity index (χ1v) is 11.0. The maximum absolute atomic E-state index is 13.3. The minimum absolute atomic E-state index is 0.152. The summed E-state index contributed by atoms with van der Waals surface area (Å²) < 4.78 is 0. The molecule has 1 N–H and O–H groups in total. The van der Waals surface area contributed by atoms with E-state index in [1.807, 2.05) is 54.3 Å². The van der Waals surface area contributed by atoms with E-state index in [4.69, 9.17) is 0 Å². The summed E-state index contributed by atoms with van der Waals surface area (Å²) in [6, 6.07) is 30.5. The van der Waals surface area contributed by atoms with Gasteiger partial charge in [-0.1, -0.05) is 97.9 Å². The van der Waals surface area contributed by atoms with Gasteiger partial charge in [0, 0.05) is 26.2 Å². The molecule has 4 nitrogen and oxygen atoms in total. The van der Waals surface area contributed by atoms with E-state index in [0.717, 1.165) is 13.1 Å². The lowest BCUT2D eigenvalue weighted by Gasteiger charge is -2.42. The van der Waals surface area contributed by atoms with Gasteiger partial charge in [0.05, 0.1) is 6.04 Å². The molecule has 0 aromatic heterocycles. The fraction of sp³-hybridized carbons (Fsp3) is 0.296. The molecule has 0 radical (unpaired) electrons. The van der Waals surface area contributed by atoms with E-state index < -0.39 is 5.60 Å². The zero-order chi connectivity index (χ0) is 21.7. The highest BCUT2D eigenvalue weighted by atomic mass is 16.3. The molecule has 1 aliphatic heterocycles. The Morgan fingerprint density at radius 3 is 1.71 bits per heavy atom. The van der Waals surface area contributed by atoms with Gasteiger partial charge in [-0.05, 0) is 23.1 Å². The summed E-state index contributed by atoms with van der Waals surface area (Å²) in [6.07, 6.45) is 0.354. The molecule has 3 aromatic rings. The van der Waals surface area contributed by atoms with Gasteiger partial charge in [0.25, 0.3) is 5.91 Å². The Hall–Kier alpha value is -2.95. The normalized spacial score (nSPS) is 16.8. The molecule has 1 saturated heterocycles. The number of rotatable bonds is 6. The van der Waals surface area contributed by atoms with Gasteiger partial charge in [0.1, 0.15) is 0 Å². The SMILES string of the molecule is CCC(O)(C(=O)N1CCN(C(c2ccccc2)c2ccccc2)CC1)c1ccccc1. The molecule has 3 aromatic carbocycles. The first-order valence-electron chi connectivity index (χ1n) is 11.0. The van der Waals surface area contributed by atoms with E-state index in [9.17, 15) is 9.90 Å². The summed E-state index contributed by atoms with van der Waals surface area (Å²) in [4.78, 5) is 17.6. The third-order valence-electron chi connectivity index (χ3n) is 6.31. The van der Waals surface area contributed by atoms with Gasteiger partial charge in [0.15, 0.2) is 5.60 Å². The summed E-state index contributed by atoms with van der Waals surface area (Å²) >= 11 is 0. The highest BCUT2D eigenvalue weighted by molar-refractivity contribution is 5.86. The quantitative estimate of drug-likeness (QED) is 0.657. The molecule has 31 heavy (non-hydrogen) atoms. The number of carbonyl (C=O) groups excluding carboxylic acids is 1. The molecule has 0 spiro atoms. The second-order valence-corrected chi connectivity index (χ2v) is 8.13. The molecule has 1 aliphatic rings. The monoisotopic (exact) mass is 414 g/mol. The van der Waals surface area contributed by atoms with Crippen LogP contribution < -0.4 is 0 Å². The first kappa shape index (κ1) is 21.3. The third-order valence-corrected chi connectivity index (χ3v) is 6.31. The lowest BCUT2D eigenvalue weighted by Crippen LogP contribution is -2.55. The average Bonchev–Trinajstić information content (AvgIpc) is 2.85. The Labute approximate surface area is 184 Å². The number of hydrogen-bond donors (Lipinski definition) is 1. The lowest BCUT2D eigenvalue weighted by atomic mass is 9.89. The number of piperazine rings is 1. The van der Waals surface area contributed by atoms with Gasteiger partial charge in [0.2, 0.25) is 0 Å². The predicted molar refractivity (Wildman–Crippen MR) is 124 cm³/mol. The predicted octanol–water partition coefficient (Wildman–Crippen LogP) is 4.22. The lowest BCUT2D eigenvalue weighted by molar-refractivity contribution is -0.155. The van der Waals surface area contributed by atoms with Crippen molar-refractivity contribution in [1.82, 2.24) is 9.80 Å². The van der Waals surface area contributed by atoms with Crippen LogP contribution >= 0.6 is 0 Å². The highest BCUT2D eigenvalue weighted by Gasteiger charge is 2.40. The van der Waals surface area contributed by atoms with Crippen LogP contribution in [0.4, 0.5) is 0 Å². The molecular formula is C27H30N2O2. The van der Waals surface area contributed by atoms with Crippen molar-refractivity contribution in [2.75, 3.05) is 26.2 Å². The number of carbonyl (C=O) groups is 1. The molecule has 4 rings (SSSR count). The summed E-state index contributed by atoms with van der Waals surface area (Å²) in [5, 5.41) is 11.2. The van der Waals surface area contributed by atoms with E-state index in [-0.39, 0.29) is 11.9 Å². The maximum Gasteiger partial charge on any atom is 0.259 e. The van der Waals surface area contributed by atoms with Crippen LogP contribution in [0.15, 0.2) is 91.0 Å². The molecule has 0 saturated carbocycles. The van der Waals surface area contributed by atoms with Gasteiger partial charge >= 0.3 is 0 Å². The van der Waals surface area contributed by atoms with Crippen LogP contribution in [0.5, 0.6) is 0 Å². The van der Waals surface area contributed by atoms with E-state index in [2.05, 4.69) is 53.4 Å². The third kappa shape index (κ3) is 4.41. The fourth-order valence-corrected chi connectivity index (χ4v) is 4.52. The van der Waals surface area contributed by atoms with Gasteiger partial charge in [-0.15, -0.1) is 0 Å². The van der Waals surface area contributed by atoms with E-state index in [1.165, 1.54) is 11.1 Å². The topological polar surface area (TPSA) is 43.8 Å². The largest absolute Gasteiger partial charge is 0.375 e. The number of nitrogens with zero attached hydrogens (tertiary/aromatic N) is 2. The number of amides is 1. The van der Waals surface area contributed by atoms with E-state index in [0.29, 0.717) is 25.1 Å². The molecule has 4 heteroatoms. The maximum atomic E-state index is 13.3. The highest BCUT2D eigenvalue weighted by Crippen LogP contribution is 2.31. The number of benzene rings is 3. The Kier molecular flexibility index (Phi) is 6.50. The van der Waals surface area contributed by atoms with Gasteiger partial charge < -0.3 is 10.0 Å². The van der Waals surface area contributed by atoms with Crippen molar-refractivity contribution < 1.29 is 9.90 Å². The van der Waals surface area contributed by atoms with Gasteiger partial charge in [-0.3, -0.25) is 9.69 Å². The van der Waals surface area contributed by atoms with Crippen molar-refractivity contribution in [3.8, 4) is 0 Å². The molecule has 1 atom stereocenters. The second kappa shape index (κ2) is 9.46. The Balaban J connectivity index is 1.52. The van der Waals surface area contributed by atoms with Crippen LogP contribution in [0.25, 0.3) is 0 Å². The van der Waals surface area contributed by atoms with Crippen LogP contribution in [0, 0.1) is 0 Å². The minimum Gasteiger partial charge on any atom is -0.375 e. The molecule has 0 bridgehead atoms. The first-order chi connectivity index (χ1) is 15.1. The van der Waals surface area contributed by atoms with Gasteiger partial charge in [-0.2, -0.15) is 0 Å². The molecule has 160 valence electrons. The van der Waals surface area contributed by atoms with Crippen LogP contribution in [-0.4, -0.2) is 47.0 Å². The number of hydrogen-bond acceptors (Lipinski definition) is 3. The molecule has 1 fully saturated rings. The molecule has 1 unspecified atom stereocenters. The summed E-state index contributed by atoms with van der Waals surface area (Å²) in [7, 11) is 0. The van der Waals surface area contributed by atoms with Crippen molar-refractivity contribution in [2.45, 2.75) is 25.0 Å². The van der Waals surface area contributed by atoms with Crippen molar-refractivity contribution >= 4 is 5.91 Å². The van der Waals surface area contributed by atoms with Crippen LogP contribution in [0.1, 0.15) is 36.1 Å². The zero-order valence-corrected chi connectivity index (χ0v) is 18.0. The van der Waals surface area contributed by atoms with Crippen molar-refractivity contribution in [2.24, 2.45) is 0 Å². The molecular weight excluding hydrogens is 384 g/mol. The fourth-order valence-electron chi connectivity index (χ4n) is 4.52. The zero-order valence-electron chi connectivity index (χ0n) is 18.0. The van der Waals surface area contributed by atoms with E-state index >= 15 is 0 Å². The van der Waals surface area contributed by atoms with Gasteiger partial charge in [-0.25, -0.2) is 0 Å². The summed E-state index contributed by atoms with van der Waals surface area (Å²) in [6.45, 7) is 4.58.